The van der Waals surface area contributed by atoms with Gasteiger partial charge < -0.3 is 20.3 Å². The van der Waals surface area contributed by atoms with Crippen molar-refractivity contribution in [3.8, 4) is 5.75 Å². The lowest BCUT2D eigenvalue weighted by atomic mass is 9.77. The molecule has 0 aromatic heterocycles. The van der Waals surface area contributed by atoms with Gasteiger partial charge in [0.2, 0.25) is 5.91 Å². The molecule has 0 radical (unpaired) electrons. The van der Waals surface area contributed by atoms with Gasteiger partial charge in [-0.15, -0.1) is 0 Å². The van der Waals surface area contributed by atoms with Gasteiger partial charge in [0, 0.05) is 25.2 Å². The number of aliphatic hydroxyl groups is 2. The number of nitrogens with one attached hydrogen (secondary N) is 1. The average Bonchev–Trinajstić information content (AvgIpc) is 3.42. The summed E-state index contributed by atoms with van der Waals surface area (Å²) < 4.78 is 5.99. The van der Waals surface area contributed by atoms with Gasteiger partial charge in [-0.05, 0) is 71.9 Å². The number of amides is 1. The van der Waals surface area contributed by atoms with Crippen LogP contribution in [0.3, 0.4) is 0 Å². The van der Waals surface area contributed by atoms with Gasteiger partial charge in [-0.2, -0.15) is 0 Å². The fourth-order valence-electron chi connectivity index (χ4n) is 7.73. The topological polar surface area (TPSA) is 95.9 Å². The lowest BCUT2D eigenvalue weighted by Gasteiger charge is -2.31. The van der Waals surface area contributed by atoms with E-state index in [1.165, 1.54) is 19.3 Å². The number of fused-ring (bicyclic) bond motifs is 1. The van der Waals surface area contributed by atoms with E-state index in [4.69, 9.17) is 4.74 Å². The maximum atomic E-state index is 14.1. The Morgan fingerprint density at radius 1 is 0.896 bits per heavy atom. The van der Waals surface area contributed by atoms with Crippen LogP contribution in [0.5, 0.6) is 5.75 Å². The molecule has 2 aliphatic carbocycles. The second kappa shape index (κ2) is 18.3. The Kier molecular flexibility index (Phi) is 13.7. The number of unbranched alkanes of at least 4 members (excludes halogenated alkanes) is 2. The van der Waals surface area contributed by atoms with Gasteiger partial charge in [0.1, 0.15) is 18.1 Å². The van der Waals surface area contributed by atoms with E-state index in [0.29, 0.717) is 38.2 Å². The normalized spacial score (nSPS) is 19.6. The van der Waals surface area contributed by atoms with Crippen molar-refractivity contribution in [3.05, 3.63) is 101 Å². The third-order valence-corrected chi connectivity index (χ3v) is 10.5. The molecule has 48 heavy (non-hydrogen) atoms. The fourth-order valence-corrected chi connectivity index (χ4v) is 7.73. The first-order chi connectivity index (χ1) is 23.4. The summed E-state index contributed by atoms with van der Waals surface area (Å²) in [7, 11) is 0. The Hall–Kier alpha value is -3.48. The fraction of sp³-hybridized carbons (Fsp3) is 0.524. The predicted octanol–water partition coefficient (Wildman–Crippen LogP) is 8.08. The van der Waals surface area contributed by atoms with Gasteiger partial charge in [0.05, 0.1) is 18.2 Å². The molecule has 1 fully saturated rings. The molecule has 1 saturated carbocycles. The van der Waals surface area contributed by atoms with Crippen LogP contribution in [0, 0.1) is 17.8 Å². The zero-order chi connectivity index (χ0) is 33.7. The molecule has 0 heterocycles. The minimum atomic E-state index is -0.771. The van der Waals surface area contributed by atoms with E-state index in [-0.39, 0.29) is 24.0 Å². The van der Waals surface area contributed by atoms with Crippen LogP contribution in [0.1, 0.15) is 112 Å². The molecule has 258 valence electrons. The number of aliphatic hydroxyl groups excluding tert-OH is 2. The van der Waals surface area contributed by atoms with Crippen molar-refractivity contribution < 1.29 is 24.5 Å². The number of ether oxygens (including phenoxy) is 1. The minimum Gasteiger partial charge on any atom is -0.489 e. The first-order valence-electron chi connectivity index (χ1n) is 18.4. The average molecular weight is 654 g/mol. The Bertz CT molecular complexity index is 1420. The van der Waals surface area contributed by atoms with Crippen LogP contribution < -0.4 is 10.1 Å². The lowest BCUT2D eigenvalue weighted by Crippen LogP contribution is -2.40. The molecule has 3 aromatic carbocycles. The van der Waals surface area contributed by atoms with Crippen molar-refractivity contribution >= 4 is 11.7 Å². The molecule has 6 nitrogen and oxygen atoms in total. The molecule has 3 N–H and O–H groups in total. The summed E-state index contributed by atoms with van der Waals surface area (Å²) >= 11 is 0. The zero-order valence-corrected chi connectivity index (χ0v) is 28.7. The molecule has 5 rings (SSSR count). The summed E-state index contributed by atoms with van der Waals surface area (Å²) in [4.78, 5) is 27.2. The van der Waals surface area contributed by atoms with Gasteiger partial charge >= 0.3 is 0 Å². The van der Waals surface area contributed by atoms with Crippen molar-refractivity contribution in [2.24, 2.45) is 17.8 Å². The molecule has 5 atom stereocenters. The van der Waals surface area contributed by atoms with Crippen molar-refractivity contribution in [1.29, 1.82) is 0 Å². The second-order valence-electron chi connectivity index (χ2n) is 14.3. The maximum Gasteiger partial charge on any atom is 0.224 e. The summed E-state index contributed by atoms with van der Waals surface area (Å²) in [5.41, 5.74) is 4.06. The number of rotatable bonds is 18. The standard InChI is InChI=1S/C42H55NO5/c1-2-3-6-18-36(44)26-34(24-30-13-7-4-8-14-30)39(45)28-35(42(47)43-41-38-19-12-11-17-33(38)27-40(41)46)25-31-20-22-37(23-21-31)48-29-32-15-9-5-10-16-32/h5,9-12,15-17,19-23,30,34-35,39-41,45-46H,2-4,6-8,13-14,18,24-29H2,1H3,(H,43,47)/t34-,35-,39+,40-,41+/m1/s1. The summed E-state index contributed by atoms with van der Waals surface area (Å²) in [5.74, 6) is 0.626. The number of carbonyl (C=O) groups is 2. The first-order valence-corrected chi connectivity index (χ1v) is 18.4. The minimum absolute atomic E-state index is 0.163. The highest BCUT2D eigenvalue weighted by atomic mass is 16.5. The smallest absolute Gasteiger partial charge is 0.224 e. The first kappa shape index (κ1) is 35.8. The van der Waals surface area contributed by atoms with Crippen LogP contribution in [0.15, 0.2) is 78.9 Å². The number of ketones is 1. The van der Waals surface area contributed by atoms with Crippen LogP contribution in [0.2, 0.25) is 0 Å². The van der Waals surface area contributed by atoms with Crippen LogP contribution in [0.25, 0.3) is 0 Å². The molecule has 0 aliphatic heterocycles. The van der Waals surface area contributed by atoms with Crippen LogP contribution in [-0.2, 0) is 29.0 Å². The van der Waals surface area contributed by atoms with Gasteiger partial charge in [-0.1, -0.05) is 119 Å². The van der Waals surface area contributed by atoms with E-state index in [1.54, 1.807) is 0 Å². The van der Waals surface area contributed by atoms with Crippen molar-refractivity contribution in [3.63, 3.8) is 0 Å². The highest BCUT2D eigenvalue weighted by Crippen LogP contribution is 2.35. The van der Waals surface area contributed by atoms with E-state index in [2.05, 4.69) is 12.2 Å². The SMILES string of the molecule is CCCCCC(=O)C[C@@H](CC1CCCCC1)[C@@H](O)C[C@@H](Cc1ccc(OCc2ccccc2)cc1)C(=O)N[C@H]1c2ccccc2C[C@H]1O. The van der Waals surface area contributed by atoms with Crippen molar-refractivity contribution in [1.82, 2.24) is 5.32 Å². The van der Waals surface area contributed by atoms with Gasteiger partial charge in [-0.25, -0.2) is 0 Å². The molecular weight excluding hydrogens is 598 g/mol. The lowest BCUT2D eigenvalue weighted by molar-refractivity contribution is -0.128. The monoisotopic (exact) mass is 653 g/mol. The van der Waals surface area contributed by atoms with E-state index < -0.39 is 24.2 Å². The summed E-state index contributed by atoms with van der Waals surface area (Å²) in [6.45, 7) is 2.61. The maximum absolute atomic E-state index is 14.1. The summed E-state index contributed by atoms with van der Waals surface area (Å²) in [5, 5.41) is 25.9. The number of carbonyl (C=O) groups excluding carboxylic acids is 2. The second-order valence-corrected chi connectivity index (χ2v) is 14.3. The van der Waals surface area contributed by atoms with Crippen LogP contribution in [-0.4, -0.2) is 34.1 Å². The molecule has 1 amide bonds. The van der Waals surface area contributed by atoms with Crippen LogP contribution in [0.4, 0.5) is 0 Å². The Labute approximate surface area is 287 Å². The Morgan fingerprint density at radius 3 is 2.38 bits per heavy atom. The third-order valence-electron chi connectivity index (χ3n) is 10.5. The van der Waals surface area contributed by atoms with Gasteiger partial charge in [0.15, 0.2) is 0 Å². The number of benzene rings is 3. The van der Waals surface area contributed by atoms with Crippen molar-refractivity contribution in [2.75, 3.05) is 0 Å². The summed E-state index contributed by atoms with van der Waals surface area (Å²) in [6.07, 6.45) is 10.5. The van der Waals surface area contributed by atoms with E-state index in [0.717, 1.165) is 66.5 Å². The number of hydrogen-bond donors (Lipinski definition) is 3. The molecule has 0 bridgehead atoms. The summed E-state index contributed by atoms with van der Waals surface area (Å²) in [6, 6.07) is 25.3. The quantitative estimate of drug-likeness (QED) is 0.121. The molecule has 2 aliphatic rings. The molecule has 0 unspecified atom stereocenters. The molecular formula is C42H55NO5. The van der Waals surface area contributed by atoms with E-state index >= 15 is 0 Å². The van der Waals surface area contributed by atoms with E-state index in [1.807, 2.05) is 78.9 Å². The number of Topliss-reactive ketones (excluding diaryl/α,β-unsaturated/α-hetero) is 1. The number of hydrogen-bond acceptors (Lipinski definition) is 5. The molecule has 0 saturated heterocycles. The Morgan fingerprint density at radius 2 is 1.62 bits per heavy atom. The molecule has 3 aromatic rings. The van der Waals surface area contributed by atoms with Gasteiger partial charge in [0.25, 0.3) is 0 Å². The highest BCUT2D eigenvalue weighted by Gasteiger charge is 2.35. The van der Waals surface area contributed by atoms with E-state index in [9.17, 15) is 19.8 Å². The third kappa shape index (κ3) is 10.5. The Balaban J connectivity index is 1.31. The predicted molar refractivity (Wildman–Crippen MR) is 191 cm³/mol. The molecule has 0 spiro atoms. The largest absolute Gasteiger partial charge is 0.489 e. The molecule has 6 heteroatoms. The van der Waals surface area contributed by atoms with Gasteiger partial charge in [-0.3, -0.25) is 9.59 Å². The van der Waals surface area contributed by atoms with Crippen molar-refractivity contribution in [2.45, 2.75) is 122 Å². The highest BCUT2D eigenvalue weighted by molar-refractivity contribution is 5.80. The zero-order valence-electron chi connectivity index (χ0n) is 28.7. The van der Waals surface area contributed by atoms with Crippen LogP contribution >= 0.6 is 0 Å².